The Bertz CT molecular complexity index is 484. The van der Waals surface area contributed by atoms with Crippen LogP contribution in [-0.4, -0.2) is 20.2 Å². The molecule has 0 saturated heterocycles. The van der Waals surface area contributed by atoms with Crippen molar-refractivity contribution in [2.75, 3.05) is 5.73 Å². The lowest BCUT2D eigenvalue weighted by molar-refractivity contribution is 0.440. The molecule has 0 aliphatic rings. The minimum absolute atomic E-state index is 0.153. The summed E-state index contributed by atoms with van der Waals surface area (Å²) in [6.07, 6.45) is 1.52. The largest absolute Gasteiger partial charge is 0.418 e. The summed E-state index contributed by atoms with van der Waals surface area (Å²) in [7, 11) is 0. The van der Waals surface area contributed by atoms with Crippen molar-refractivity contribution in [3.05, 3.63) is 22.4 Å². The van der Waals surface area contributed by atoms with Crippen molar-refractivity contribution < 1.29 is 4.74 Å². The van der Waals surface area contributed by atoms with E-state index in [1.54, 1.807) is 6.07 Å². The predicted molar refractivity (Wildman–Crippen MR) is 57.5 cm³/mol. The van der Waals surface area contributed by atoms with E-state index in [1.807, 2.05) is 6.92 Å². The van der Waals surface area contributed by atoms with Crippen molar-refractivity contribution in [2.24, 2.45) is 0 Å². The molecule has 0 bridgehead atoms. The van der Waals surface area contributed by atoms with E-state index in [2.05, 4.69) is 36.1 Å². The number of nitrogens with zero attached hydrogens (tertiary/aromatic N) is 3. The van der Waals surface area contributed by atoms with Gasteiger partial charge in [-0.1, -0.05) is 0 Å². The Morgan fingerprint density at radius 2 is 2.33 bits per heavy atom. The second-order valence-electron chi connectivity index (χ2n) is 2.87. The highest BCUT2D eigenvalue weighted by atomic mass is 79.9. The highest BCUT2D eigenvalue weighted by Crippen LogP contribution is 2.26. The number of aryl methyl sites for hydroxylation is 1. The average molecular weight is 270 g/mol. The van der Waals surface area contributed by atoms with Crippen molar-refractivity contribution in [1.29, 1.82) is 0 Å². The number of H-pyrrole nitrogens is 1. The first-order chi connectivity index (χ1) is 7.15. The van der Waals surface area contributed by atoms with E-state index in [9.17, 15) is 0 Å². The normalized spacial score (nSPS) is 10.3. The van der Waals surface area contributed by atoms with Gasteiger partial charge in [-0.05, 0) is 22.9 Å². The number of ether oxygens (including phenoxy) is 1. The van der Waals surface area contributed by atoms with Crippen LogP contribution in [0.25, 0.3) is 0 Å². The van der Waals surface area contributed by atoms with Crippen molar-refractivity contribution in [3.8, 4) is 11.8 Å². The van der Waals surface area contributed by atoms with Gasteiger partial charge in [-0.3, -0.25) is 5.10 Å². The maximum atomic E-state index is 5.44. The molecule has 0 aliphatic carbocycles. The molecule has 0 saturated carbocycles. The first-order valence-electron chi connectivity index (χ1n) is 4.13. The number of hydrogen-bond donors (Lipinski definition) is 2. The van der Waals surface area contributed by atoms with E-state index in [1.165, 1.54) is 6.20 Å². The molecule has 0 unspecified atom stereocenters. The average Bonchev–Trinajstić information content (AvgIpc) is 2.58. The van der Waals surface area contributed by atoms with Crippen LogP contribution in [0.1, 0.15) is 5.69 Å². The molecular weight excluding hydrogens is 262 g/mol. The first kappa shape index (κ1) is 9.91. The molecule has 2 heterocycles. The summed E-state index contributed by atoms with van der Waals surface area (Å²) < 4.78 is 6.01. The summed E-state index contributed by atoms with van der Waals surface area (Å²) in [5, 5.41) is 6.67. The van der Waals surface area contributed by atoms with Gasteiger partial charge in [0.05, 0.1) is 10.7 Å². The van der Waals surface area contributed by atoms with E-state index in [-0.39, 0.29) is 5.95 Å². The van der Waals surface area contributed by atoms with Gasteiger partial charge in [-0.2, -0.15) is 4.98 Å². The van der Waals surface area contributed by atoms with Crippen molar-refractivity contribution in [1.82, 2.24) is 20.2 Å². The minimum Gasteiger partial charge on any atom is -0.418 e. The Labute approximate surface area is 94.0 Å². The van der Waals surface area contributed by atoms with Crippen LogP contribution in [0, 0.1) is 6.92 Å². The zero-order chi connectivity index (χ0) is 10.8. The van der Waals surface area contributed by atoms with Crippen LogP contribution in [0.2, 0.25) is 0 Å². The van der Waals surface area contributed by atoms with Crippen LogP contribution < -0.4 is 10.5 Å². The maximum Gasteiger partial charge on any atom is 0.240 e. The van der Waals surface area contributed by atoms with Gasteiger partial charge >= 0.3 is 0 Å². The number of nitrogens with two attached hydrogens (primary N) is 1. The quantitative estimate of drug-likeness (QED) is 0.865. The van der Waals surface area contributed by atoms with Crippen LogP contribution >= 0.6 is 15.9 Å². The summed E-state index contributed by atoms with van der Waals surface area (Å²) >= 11 is 3.25. The molecule has 0 atom stereocenters. The second-order valence-corrected chi connectivity index (χ2v) is 3.73. The zero-order valence-electron chi connectivity index (χ0n) is 7.86. The van der Waals surface area contributed by atoms with Gasteiger partial charge in [-0.15, -0.1) is 5.10 Å². The standard InChI is InChI=1S/C8H8BrN5O/c1-4-2-6(14-13-4)15-7-5(9)3-11-8(10)12-7/h2-3H,1H3,(H,13,14)(H2,10,11,12). The number of nitrogen functional groups attached to an aromatic ring is 1. The minimum atomic E-state index is 0.153. The summed E-state index contributed by atoms with van der Waals surface area (Å²) in [6, 6.07) is 1.75. The molecule has 0 aromatic carbocycles. The molecule has 78 valence electrons. The Hall–Kier alpha value is -1.63. The molecule has 0 amide bonds. The van der Waals surface area contributed by atoms with Gasteiger partial charge in [0, 0.05) is 11.8 Å². The lowest BCUT2D eigenvalue weighted by Gasteiger charge is -2.02. The van der Waals surface area contributed by atoms with Gasteiger partial charge in [0.25, 0.3) is 0 Å². The fourth-order valence-corrected chi connectivity index (χ4v) is 1.25. The zero-order valence-corrected chi connectivity index (χ0v) is 9.45. The molecule has 6 nitrogen and oxygen atoms in total. The topological polar surface area (TPSA) is 89.7 Å². The molecule has 2 rings (SSSR count). The number of anilines is 1. The Morgan fingerprint density at radius 3 is 3.00 bits per heavy atom. The lowest BCUT2D eigenvalue weighted by atomic mass is 10.5. The Morgan fingerprint density at radius 1 is 1.53 bits per heavy atom. The third-order valence-corrected chi connectivity index (χ3v) is 2.16. The SMILES string of the molecule is Cc1cc(Oc2nc(N)ncc2Br)n[nH]1. The van der Waals surface area contributed by atoms with Gasteiger partial charge in [0.2, 0.25) is 17.7 Å². The van der Waals surface area contributed by atoms with Gasteiger partial charge in [0.15, 0.2) is 0 Å². The van der Waals surface area contributed by atoms with Crippen LogP contribution in [0.15, 0.2) is 16.7 Å². The highest BCUT2D eigenvalue weighted by molar-refractivity contribution is 9.10. The fraction of sp³-hybridized carbons (Fsp3) is 0.125. The monoisotopic (exact) mass is 269 g/mol. The summed E-state index contributed by atoms with van der Waals surface area (Å²) in [4.78, 5) is 7.72. The van der Waals surface area contributed by atoms with Crippen LogP contribution in [0.4, 0.5) is 5.95 Å². The Balaban J connectivity index is 2.27. The fourth-order valence-electron chi connectivity index (χ4n) is 0.980. The molecule has 7 heteroatoms. The second kappa shape index (κ2) is 3.85. The smallest absolute Gasteiger partial charge is 0.240 e. The third-order valence-electron chi connectivity index (χ3n) is 1.61. The molecule has 2 aromatic rings. The number of rotatable bonds is 2. The number of aromatic nitrogens is 4. The van der Waals surface area contributed by atoms with Crippen LogP contribution in [0.3, 0.4) is 0 Å². The Kier molecular flexibility index (Phi) is 2.55. The van der Waals surface area contributed by atoms with E-state index in [0.29, 0.717) is 16.2 Å². The number of nitrogens with one attached hydrogen (secondary N) is 1. The third kappa shape index (κ3) is 2.24. The van der Waals surface area contributed by atoms with Crippen molar-refractivity contribution >= 4 is 21.9 Å². The van der Waals surface area contributed by atoms with Gasteiger partial charge < -0.3 is 10.5 Å². The van der Waals surface area contributed by atoms with Gasteiger partial charge in [-0.25, -0.2) is 4.98 Å². The molecule has 0 fully saturated rings. The van der Waals surface area contributed by atoms with Gasteiger partial charge in [0.1, 0.15) is 0 Å². The van der Waals surface area contributed by atoms with Crippen LogP contribution in [0.5, 0.6) is 11.8 Å². The predicted octanol–water partition coefficient (Wildman–Crippen LogP) is 1.65. The summed E-state index contributed by atoms with van der Waals surface area (Å²) in [6.45, 7) is 1.88. The maximum absolute atomic E-state index is 5.44. The van der Waals surface area contributed by atoms with Crippen molar-refractivity contribution in [2.45, 2.75) is 6.92 Å². The van der Waals surface area contributed by atoms with E-state index in [4.69, 9.17) is 10.5 Å². The molecule has 0 aliphatic heterocycles. The number of hydrogen-bond acceptors (Lipinski definition) is 5. The molecule has 15 heavy (non-hydrogen) atoms. The molecule has 0 spiro atoms. The highest BCUT2D eigenvalue weighted by Gasteiger charge is 2.07. The molecule has 0 radical (unpaired) electrons. The summed E-state index contributed by atoms with van der Waals surface area (Å²) in [5.41, 5.74) is 6.34. The number of halogens is 1. The molecule has 3 N–H and O–H groups in total. The molecule has 2 aromatic heterocycles. The lowest BCUT2D eigenvalue weighted by Crippen LogP contribution is -1.97. The molecular formula is C8H8BrN5O. The van der Waals surface area contributed by atoms with Crippen LogP contribution in [-0.2, 0) is 0 Å². The van der Waals surface area contributed by atoms with E-state index in [0.717, 1.165) is 5.69 Å². The van der Waals surface area contributed by atoms with Crippen molar-refractivity contribution in [3.63, 3.8) is 0 Å². The summed E-state index contributed by atoms with van der Waals surface area (Å²) in [5.74, 6) is 0.931. The number of aromatic amines is 1. The van der Waals surface area contributed by atoms with E-state index >= 15 is 0 Å². The first-order valence-corrected chi connectivity index (χ1v) is 4.92. The van der Waals surface area contributed by atoms with E-state index < -0.39 is 0 Å².